The number of methoxy groups -OCH3 is 1. The SMILES string of the molecule is COc1cccc(C(=O)NC2CCN(CC(=O)Nc3ccc(C)cc3C)CC2)c1. The fourth-order valence-electron chi connectivity index (χ4n) is 3.62. The van der Waals surface area contributed by atoms with Gasteiger partial charge in [0.2, 0.25) is 5.91 Å². The molecule has 0 aliphatic carbocycles. The zero-order valence-electron chi connectivity index (χ0n) is 17.3. The van der Waals surface area contributed by atoms with Gasteiger partial charge in [0, 0.05) is 30.4 Å². The summed E-state index contributed by atoms with van der Waals surface area (Å²) in [7, 11) is 1.59. The van der Waals surface area contributed by atoms with Gasteiger partial charge >= 0.3 is 0 Å². The van der Waals surface area contributed by atoms with Crippen LogP contribution >= 0.6 is 0 Å². The number of aryl methyl sites for hydroxylation is 2. The van der Waals surface area contributed by atoms with E-state index in [1.165, 1.54) is 5.56 Å². The van der Waals surface area contributed by atoms with E-state index in [0.717, 1.165) is 37.2 Å². The number of hydrogen-bond donors (Lipinski definition) is 2. The summed E-state index contributed by atoms with van der Waals surface area (Å²) in [6.07, 6.45) is 1.65. The number of anilines is 1. The van der Waals surface area contributed by atoms with Crippen LogP contribution < -0.4 is 15.4 Å². The van der Waals surface area contributed by atoms with Crippen LogP contribution in [0, 0.1) is 13.8 Å². The predicted octanol–water partition coefficient (Wildman–Crippen LogP) is 3.14. The number of nitrogens with one attached hydrogen (secondary N) is 2. The van der Waals surface area contributed by atoms with E-state index in [1.54, 1.807) is 19.2 Å². The Morgan fingerprint density at radius 2 is 1.86 bits per heavy atom. The summed E-state index contributed by atoms with van der Waals surface area (Å²) in [4.78, 5) is 27.0. The topological polar surface area (TPSA) is 70.7 Å². The predicted molar refractivity (Wildman–Crippen MR) is 114 cm³/mol. The molecule has 1 aliphatic heterocycles. The number of hydrogen-bond acceptors (Lipinski definition) is 4. The van der Waals surface area contributed by atoms with Crippen LogP contribution in [-0.4, -0.2) is 49.5 Å². The molecule has 1 heterocycles. The molecule has 154 valence electrons. The Hall–Kier alpha value is -2.86. The lowest BCUT2D eigenvalue weighted by atomic mass is 10.0. The van der Waals surface area contributed by atoms with Crippen LogP contribution in [0.1, 0.15) is 34.3 Å². The number of amides is 2. The highest BCUT2D eigenvalue weighted by Gasteiger charge is 2.22. The smallest absolute Gasteiger partial charge is 0.251 e. The Kier molecular flexibility index (Phi) is 6.88. The minimum atomic E-state index is -0.0880. The second-order valence-corrected chi connectivity index (χ2v) is 7.62. The van der Waals surface area contributed by atoms with Gasteiger partial charge in [-0.15, -0.1) is 0 Å². The molecule has 0 aromatic heterocycles. The van der Waals surface area contributed by atoms with Gasteiger partial charge in [-0.3, -0.25) is 14.5 Å². The molecule has 0 radical (unpaired) electrons. The van der Waals surface area contributed by atoms with Gasteiger partial charge in [0.15, 0.2) is 0 Å². The third-order valence-electron chi connectivity index (χ3n) is 5.28. The van der Waals surface area contributed by atoms with Crippen molar-refractivity contribution < 1.29 is 14.3 Å². The molecule has 0 spiro atoms. The Balaban J connectivity index is 1.45. The molecule has 0 saturated carbocycles. The Labute approximate surface area is 172 Å². The molecule has 2 aromatic carbocycles. The van der Waals surface area contributed by atoms with E-state index < -0.39 is 0 Å². The van der Waals surface area contributed by atoms with E-state index >= 15 is 0 Å². The summed E-state index contributed by atoms with van der Waals surface area (Å²) in [5.74, 6) is 0.577. The molecule has 3 rings (SSSR count). The average Bonchev–Trinajstić information content (AvgIpc) is 2.71. The minimum Gasteiger partial charge on any atom is -0.497 e. The lowest BCUT2D eigenvalue weighted by Crippen LogP contribution is -2.46. The second kappa shape index (κ2) is 9.56. The molecule has 1 fully saturated rings. The van der Waals surface area contributed by atoms with Crippen LogP contribution in [0.5, 0.6) is 5.75 Å². The van der Waals surface area contributed by atoms with Gasteiger partial charge in [-0.2, -0.15) is 0 Å². The van der Waals surface area contributed by atoms with Crippen molar-refractivity contribution in [2.24, 2.45) is 0 Å². The van der Waals surface area contributed by atoms with Crippen molar-refractivity contribution in [3.8, 4) is 5.75 Å². The van der Waals surface area contributed by atoms with Gasteiger partial charge in [0.05, 0.1) is 13.7 Å². The van der Waals surface area contributed by atoms with Crippen LogP contribution in [0.4, 0.5) is 5.69 Å². The van der Waals surface area contributed by atoms with E-state index in [2.05, 4.69) is 21.6 Å². The Bertz CT molecular complexity index is 873. The molecular formula is C23H29N3O3. The molecule has 1 saturated heterocycles. The number of rotatable bonds is 6. The van der Waals surface area contributed by atoms with Gasteiger partial charge in [-0.25, -0.2) is 0 Å². The van der Waals surface area contributed by atoms with E-state index in [1.807, 2.05) is 38.1 Å². The molecule has 6 heteroatoms. The zero-order chi connectivity index (χ0) is 20.8. The molecule has 0 bridgehead atoms. The molecule has 0 atom stereocenters. The van der Waals surface area contributed by atoms with Gasteiger partial charge in [-0.1, -0.05) is 23.8 Å². The van der Waals surface area contributed by atoms with Crippen molar-refractivity contribution in [2.75, 3.05) is 32.1 Å². The highest BCUT2D eigenvalue weighted by Crippen LogP contribution is 2.17. The summed E-state index contributed by atoms with van der Waals surface area (Å²) >= 11 is 0. The number of carbonyl (C=O) groups is 2. The summed E-state index contributed by atoms with van der Waals surface area (Å²) in [5.41, 5.74) is 3.71. The van der Waals surface area contributed by atoms with E-state index in [-0.39, 0.29) is 17.9 Å². The molecule has 2 aromatic rings. The fraction of sp³-hybridized carbons (Fsp3) is 0.391. The molecule has 2 amide bonds. The van der Waals surface area contributed by atoms with E-state index in [9.17, 15) is 9.59 Å². The van der Waals surface area contributed by atoms with Crippen molar-refractivity contribution in [2.45, 2.75) is 32.7 Å². The van der Waals surface area contributed by atoms with Gasteiger partial charge in [0.25, 0.3) is 5.91 Å². The third-order valence-corrected chi connectivity index (χ3v) is 5.28. The highest BCUT2D eigenvalue weighted by molar-refractivity contribution is 5.95. The summed E-state index contributed by atoms with van der Waals surface area (Å²) < 4.78 is 5.18. The maximum atomic E-state index is 12.5. The van der Waals surface area contributed by atoms with Gasteiger partial charge in [-0.05, 0) is 56.5 Å². The van der Waals surface area contributed by atoms with Crippen LogP contribution in [0.3, 0.4) is 0 Å². The number of nitrogens with zero attached hydrogens (tertiary/aromatic N) is 1. The van der Waals surface area contributed by atoms with Crippen LogP contribution in [0.2, 0.25) is 0 Å². The molecule has 0 unspecified atom stereocenters. The first-order valence-electron chi connectivity index (χ1n) is 9.99. The standard InChI is InChI=1S/C23H29N3O3/c1-16-7-8-21(17(2)13-16)25-22(27)15-26-11-9-19(10-12-26)24-23(28)18-5-4-6-20(14-18)29-3/h4-8,13-14,19H,9-12,15H2,1-3H3,(H,24,28)(H,25,27). The molecule has 2 N–H and O–H groups in total. The Morgan fingerprint density at radius 3 is 2.55 bits per heavy atom. The molecular weight excluding hydrogens is 366 g/mol. The molecule has 6 nitrogen and oxygen atoms in total. The van der Waals surface area contributed by atoms with Crippen molar-refractivity contribution in [1.29, 1.82) is 0 Å². The number of ether oxygens (including phenoxy) is 1. The first kappa shape index (κ1) is 20.9. The number of benzene rings is 2. The number of carbonyl (C=O) groups excluding carboxylic acids is 2. The highest BCUT2D eigenvalue weighted by atomic mass is 16.5. The molecule has 1 aliphatic rings. The Morgan fingerprint density at radius 1 is 1.10 bits per heavy atom. The van der Waals surface area contributed by atoms with Gasteiger partial charge in [0.1, 0.15) is 5.75 Å². The average molecular weight is 396 g/mol. The van der Waals surface area contributed by atoms with Crippen molar-refractivity contribution in [3.63, 3.8) is 0 Å². The maximum Gasteiger partial charge on any atom is 0.251 e. The largest absolute Gasteiger partial charge is 0.497 e. The maximum absolute atomic E-state index is 12.5. The fourth-order valence-corrected chi connectivity index (χ4v) is 3.62. The lowest BCUT2D eigenvalue weighted by molar-refractivity contribution is -0.117. The first-order valence-corrected chi connectivity index (χ1v) is 9.99. The van der Waals surface area contributed by atoms with Crippen molar-refractivity contribution in [1.82, 2.24) is 10.2 Å². The third kappa shape index (κ3) is 5.81. The lowest BCUT2D eigenvalue weighted by Gasteiger charge is -2.32. The minimum absolute atomic E-state index is 0.00387. The normalized spacial score (nSPS) is 15.0. The number of likely N-dealkylation sites (tertiary alicyclic amines) is 1. The van der Waals surface area contributed by atoms with Crippen LogP contribution in [0.15, 0.2) is 42.5 Å². The van der Waals surface area contributed by atoms with Crippen molar-refractivity contribution in [3.05, 3.63) is 59.2 Å². The van der Waals surface area contributed by atoms with Crippen molar-refractivity contribution >= 4 is 17.5 Å². The number of piperidine rings is 1. The summed E-state index contributed by atoms with van der Waals surface area (Å²) in [6, 6.07) is 13.3. The van der Waals surface area contributed by atoms with Gasteiger partial charge < -0.3 is 15.4 Å². The monoisotopic (exact) mass is 395 g/mol. The van der Waals surface area contributed by atoms with E-state index in [0.29, 0.717) is 17.9 Å². The zero-order valence-corrected chi connectivity index (χ0v) is 17.3. The molecule has 29 heavy (non-hydrogen) atoms. The first-order chi connectivity index (χ1) is 13.9. The second-order valence-electron chi connectivity index (χ2n) is 7.62. The quantitative estimate of drug-likeness (QED) is 0.788. The van der Waals surface area contributed by atoms with Crippen LogP contribution in [-0.2, 0) is 4.79 Å². The summed E-state index contributed by atoms with van der Waals surface area (Å²) in [5, 5.41) is 6.09. The van der Waals surface area contributed by atoms with Crippen LogP contribution in [0.25, 0.3) is 0 Å². The summed E-state index contributed by atoms with van der Waals surface area (Å²) in [6.45, 7) is 5.96. The van der Waals surface area contributed by atoms with E-state index in [4.69, 9.17) is 4.74 Å².